The Morgan fingerprint density at radius 2 is 2.00 bits per heavy atom. The van der Waals surface area contributed by atoms with Crippen molar-refractivity contribution in [2.75, 3.05) is 6.54 Å². The van der Waals surface area contributed by atoms with Crippen LogP contribution in [0.1, 0.15) is 33.7 Å². The maximum atomic E-state index is 12.6. The smallest absolute Gasteiger partial charge is 0.272 e. The van der Waals surface area contributed by atoms with Gasteiger partial charge in [-0.3, -0.25) is 9.78 Å². The Bertz CT molecular complexity index is 871. The zero-order valence-corrected chi connectivity index (χ0v) is 14.0. The maximum Gasteiger partial charge on any atom is 0.272 e. The number of nitrogens with one attached hydrogen (secondary N) is 1. The van der Waals surface area contributed by atoms with E-state index in [9.17, 15) is 4.79 Å². The van der Waals surface area contributed by atoms with E-state index in [4.69, 9.17) is 0 Å². The van der Waals surface area contributed by atoms with Crippen LogP contribution in [0.25, 0.3) is 5.69 Å². The predicted octanol–water partition coefficient (Wildman–Crippen LogP) is 2.73. The van der Waals surface area contributed by atoms with Gasteiger partial charge in [-0.1, -0.05) is 24.3 Å². The largest absolute Gasteiger partial charge is 0.350 e. The summed E-state index contributed by atoms with van der Waals surface area (Å²) in [6, 6.07) is 13.9. The van der Waals surface area contributed by atoms with E-state index < -0.39 is 0 Å². The van der Waals surface area contributed by atoms with E-state index in [0.29, 0.717) is 12.2 Å². The third-order valence-corrected chi connectivity index (χ3v) is 4.57. The van der Waals surface area contributed by atoms with Gasteiger partial charge in [0, 0.05) is 30.2 Å². The van der Waals surface area contributed by atoms with E-state index in [0.717, 1.165) is 42.5 Å². The molecule has 0 radical (unpaired) electrons. The molecule has 0 fully saturated rings. The molecule has 5 heteroatoms. The molecule has 0 bridgehead atoms. The molecule has 2 aromatic heterocycles. The highest BCUT2D eigenvalue weighted by Crippen LogP contribution is 2.27. The lowest BCUT2D eigenvalue weighted by atomic mass is 10.2. The third-order valence-electron chi connectivity index (χ3n) is 4.57. The van der Waals surface area contributed by atoms with Crippen LogP contribution in [0.2, 0.25) is 0 Å². The first-order chi connectivity index (χ1) is 12.3. The van der Waals surface area contributed by atoms with Crippen LogP contribution in [-0.4, -0.2) is 27.2 Å². The standard InChI is InChI=1S/C20H20N4O/c25-20(22-13-11-15-6-5-12-21-14-15)19-17-9-4-10-18(17)24(23-19)16-7-2-1-3-8-16/h1-3,5-8,12,14H,4,9-11,13H2,(H,22,25). The average Bonchev–Trinajstić information content (AvgIpc) is 3.26. The molecule has 3 aromatic rings. The number of fused-ring (bicyclic) bond motifs is 1. The molecule has 1 aliphatic rings. The fourth-order valence-corrected chi connectivity index (χ4v) is 3.35. The van der Waals surface area contributed by atoms with E-state index in [-0.39, 0.29) is 5.91 Å². The number of amides is 1. The number of aromatic nitrogens is 3. The topological polar surface area (TPSA) is 59.8 Å². The Kier molecular flexibility index (Phi) is 4.29. The van der Waals surface area contributed by atoms with Crippen molar-refractivity contribution < 1.29 is 4.79 Å². The van der Waals surface area contributed by atoms with Crippen LogP contribution in [0.3, 0.4) is 0 Å². The lowest BCUT2D eigenvalue weighted by Crippen LogP contribution is -2.27. The number of para-hydroxylation sites is 1. The van der Waals surface area contributed by atoms with Crippen molar-refractivity contribution in [3.63, 3.8) is 0 Å². The van der Waals surface area contributed by atoms with Crippen molar-refractivity contribution >= 4 is 5.91 Å². The number of rotatable bonds is 5. The molecule has 1 aliphatic carbocycles. The van der Waals surface area contributed by atoms with Crippen LogP contribution in [0.15, 0.2) is 54.9 Å². The van der Waals surface area contributed by atoms with Gasteiger partial charge in [0.05, 0.1) is 5.69 Å². The molecule has 25 heavy (non-hydrogen) atoms. The van der Waals surface area contributed by atoms with Crippen molar-refractivity contribution in [2.45, 2.75) is 25.7 Å². The van der Waals surface area contributed by atoms with Gasteiger partial charge in [0.25, 0.3) is 5.91 Å². The molecular formula is C20H20N4O. The minimum Gasteiger partial charge on any atom is -0.350 e. The van der Waals surface area contributed by atoms with Gasteiger partial charge < -0.3 is 5.32 Å². The molecule has 0 aliphatic heterocycles. The summed E-state index contributed by atoms with van der Waals surface area (Å²) in [7, 11) is 0. The number of hydrogen-bond donors (Lipinski definition) is 1. The van der Waals surface area contributed by atoms with Crippen molar-refractivity contribution in [1.82, 2.24) is 20.1 Å². The van der Waals surface area contributed by atoms with Crippen LogP contribution in [0.4, 0.5) is 0 Å². The minimum atomic E-state index is -0.0864. The maximum absolute atomic E-state index is 12.6. The van der Waals surface area contributed by atoms with Crippen molar-refractivity contribution in [3.05, 3.63) is 77.4 Å². The molecule has 1 aromatic carbocycles. The van der Waals surface area contributed by atoms with Gasteiger partial charge in [-0.2, -0.15) is 5.10 Å². The molecule has 1 N–H and O–H groups in total. The van der Waals surface area contributed by atoms with Gasteiger partial charge in [0.2, 0.25) is 0 Å². The molecule has 0 saturated heterocycles. The molecule has 4 rings (SSSR count). The molecule has 0 atom stereocenters. The zero-order valence-electron chi connectivity index (χ0n) is 14.0. The Labute approximate surface area is 146 Å². The molecule has 1 amide bonds. The molecular weight excluding hydrogens is 312 g/mol. The lowest BCUT2D eigenvalue weighted by molar-refractivity contribution is 0.0948. The lowest BCUT2D eigenvalue weighted by Gasteiger charge is -2.05. The number of benzene rings is 1. The molecule has 5 nitrogen and oxygen atoms in total. The van der Waals surface area contributed by atoms with Gasteiger partial charge in [0.1, 0.15) is 0 Å². The first kappa shape index (κ1) is 15.6. The highest BCUT2D eigenvalue weighted by Gasteiger charge is 2.26. The second kappa shape index (κ2) is 6.89. The molecule has 126 valence electrons. The first-order valence-electron chi connectivity index (χ1n) is 8.66. The van der Waals surface area contributed by atoms with Gasteiger partial charge >= 0.3 is 0 Å². The van der Waals surface area contributed by atoms with Gasteiger partial charge in [-0.05, 0) is 49.4 Å². The highest BCUT2D eigenvalue weighted by atomic mass is 16.1. The van der Waals surface area contributed by atoms with Gasteiger partial charge in [0.15, 0.2) is 5.69 Å². The van der Waals surface area contributed by atoms with Crippen LogP contribution >= 0.6 is 0 Å². The van der Waals surface area contributed by atoms with Crippen LogP contribution < -0.4 is 5.32 Å². The van der Waals surface area contributed by atoms with E-state index in [1.165, 1.54) is 5.69 Å². The number of carbonyl (C=O) groups excluding carboxylic acids is 1. The monoisotopic (exact) mass is 332 g/mol. The van der Waals surface area contributed by atoms with Crippen molar-refractivity contribution in [3.8, 4) is 5.69 Å². The molecule has 2 heterocycles. The Hall–Kier alpha value is -2.95. The second-order valence-electron chi connectivity index (χ2n) is 6.24. The molecule has 0 unspecified atom stereocenters. The minimum absolute atomic E-state index is 0.0864. The van der Waals surface area contributed by atoms with Crippen LogP contribution in [0.5, 0.6) is 0 Å². The SMILES string of the molecule is O=C(NCCc1cccnc1)c1nn(-c2ccccc2)c2c1CCC2. The Balaban J connectivity index is 1.51. The van der Waals surface area contributed by atoms with Gasteiger partial charge in [-0.25, -0.2) is 4.68 Å². The summed E-state index contributed by atoms with van der Waals surface area (Å²) in [6.07, 6.45) is 7.32. The highest BCUT2D eigenvalue weighted by molar-refractivity contribution is 5.94. The van der Waals surface area contributed by atoms with Crippen LogP contribution in [0, 0.1) is 0 Å². The fourth-order valence-electron chi connectivity index (χ4n) is 3.35. The molecule has 0 spiro atoms. The van der Waals surface area contributed by atoms with Gasteiger partial charge in [-0.15, -0.1) is 0 Å². The number of pyridine rings is 1. The number of nitrogens with zero attached hydrogens (tertiary/aromatic N) is 3. The number of hydrogen-bond acceptors (Lipinski definition) is 3. The fraction of sp³-hybridized carbons (Fsp3) is 0.250. The van der Waals surface area contributed by atoms with Crippen molar-refractivity contribution in [2.24, 2.45) is 0 Å². The second-order valence-corrected chi connectivity index (χ2v) is 6.24. The van der Waals surface area contributed by atoms with E-state index in [1.54, 1.807) is 6.20 Å². The normalized spacial score (nSPS) is 12.8. The molecule has 0 saturated carbocycles. The summed E-state index contributed by atoms with van der Waals surface area (Å²) in [5.74, 6) is -0.0864. The Morgan fingerprint density at radius 3 is 2.80 bits per heavy atom. The first-order valence-corrected chi connectivity index (χ1v) is 8.66. The number of carbonyl (C=O) groups is 1. The van der Waals surface area contributed by atoms with E-state index in [1.807, 2.05) is 53.3 Å². The zero-order chi connectivity index (χ0) is 17.1. The summed E-state index contributed by atoms with van der Waals surface area (Å²) in [5.41, 5.74) is 4.96. The van der Waals surface area contributed by atoms with E-state index >= 15 is 0 Å². The van der Waals surface area contributed by atoms with Crippen molar-refractivity contribution in [1.29, 1.82) is 0 Å². The summed E-state index contributed by atoms with van der Waals surface area (Å²) in [4.78, 5) is 16.7. The predicted molar refractivity (Wildman–Crippen MR) is 95.9 cm³/mol. The third kappa shape index (κ3) is 3.18. The average molecular weight is 332 g/mol. The summed E-state index contributed by atoms with van der Waals surface area (Å²) < 4.78 is 1.93. The van der Waals surface area contributed by atoms with Crippen LogP contribution in [-0.2, 0) is 19.3 Å². The quantitative estimate of drug-likeness (QED) is 0.781. The van der Waals surface area contributed by atoms with E-state index in [2.05, 4.69) is 15.4 Å². The summed E-state index contributed by atoms with van der Waals surface area (Å²) >= 11 is 0. The summed E-state index contributed by atoms with van der Waals surface area (Å²) in [5, 5.41) is 7.62. The summed E-state index contributed by atoms with van der Waals surface area (Å²) in [6.45, 7) is 0.581. The Morgan fingerprint density at radius 1 is 1.12 bits per heavy atom.